The lowest BCUT2D eigenvalue weighted by atomic mass is 10.0. The fourth-order valence-corrected chi connectivity index (χ4v) is 5.73. The SMILES string of the molecule is CS(=O)(=O)c1ccc(S(=O)(=O)N2CCCC2Cc2ccc(F)cc2)cc1F. The molecular weight excluding hydrogens is 396 g/mol. The largest absolute Gasteiger partial charge is 0.243 e. The maximum Gasteiger partial charge on any atom is 0.243 e. The third-order valence-corrected chi connectivity index (χ3v) is 7.69. The van der Waals surface area contributed by atoms with Crippen LogP contribution in [-0.2, 0) is 26.3 Å². The molecular formula is C18H19F2NO4S2. The van der Waals surface area contributed by atoms with E-state index in [-0.39, 0.29) is 16.8 Å². The summed E-state index contributed by atoms with van der Waals surface area (Å²) in [6, 6.07) is 8.38. The molecule has 1 aliphatic rings. The summed E-state index contributed by atoms with van der Waals surface area (Å²) in [6.07, 6.45) is 2.58. The molecule has 1 atom stereocenters. The third-order valence-electron chi connectivity index (χ3n) is 4.62. The lowest BCUT2D eigenvalue weighted by Gasteiger charge is -2.24. The monoisotopic (exact) mass is 415 g/mol. The van der Waals surface area contributed by atoms with Gasteiger partial charge in [-0.15, -0.1) is 0 Å². The van der Waals surface area contributed by atoms with E-state index in [0.29, 0.717) is 25.8 Å². The van der Waals surface area contributed by atoms with Gasteiger partial charge >= 0.3 is 0 Å². The van der Waals surface area contributed by atoms with Crippen LogP contribution in [0.4, 0.5) is 8.78 Å². The van der Waals surface area contributed by atoms with Gasteiger partial charge in [-0.3, -0.25) is 0 Å². The highest BCUT2D eigenvalue weighted by molar-refractivity contribution is 7.90. The van der Waals surface area contributed by atoms with E-state index < -0.39 is 30.6 Å². The average Bonchev–Trinajstić information content (AvgIpc) is 3.04. The summed E-state index contributed by atoms with van der Waals surface area (Å²) in [7, 11) is -7.76. The Labute approximate surface area is 157 Å². The van der Waals surface area contributed by atoms with Gasteiger partial charge in [-0.25, -0.2) is 25.6 Å². The van der Waals surface area contributed by atoms with E-state index >= 15 is 0 Å². The fraction of sp³-hybridized carbons (Fsp3) is 0.333. The minimum Gasteiger partial charge on any atom is -0.224 e. The van der Waals surface area contributed by atoms with Crippen molar-refractivity contribution in [3.05, 3.63) is 59.7 Å². The van der Waals surface area contributed by atoms with Crippen LogP contribution in [0, 0.1) is 11.6 Å². The third kappa shape index (κ3) is 4.20. The highest BCUT2D eigenvalue weighted by Crippen LogP contribution is 2.29. The number of hydrogen-bond donors (Lipinski definition) is 0. The Morgan fingerprint density at radius 2 is 1.70 bits per heavy atom. The van der Waals surface area contributed by atoms with Gasteiger partial charge in [0.2, 0.25) is 10.0 Å². The van der Waals surface area contributed by atoms with E-state index in [9.17, 15) is 25.6 Å². The molecule has 1 aliphatic heterocycles. The Bertz CT molecular complexity index is 1050. The predicted molar refractivity (Wildman–Crippen MR) is 96.5 cm³/mol. The first-order valence-electron chi connectivity index (χ1n) is 8.35. The number of rotatable bonds is 5. The van der Waals surface area contributed by atoms with Crippen LogP contribution in [0.2, 0.25) is 0 Å². The number of sulfone groups is 1. The van der Waals surface area contributed by atoms with Gasteiger partial charge in [-0.2, -0.15) is 4.31 Å². The van der Waals surface area contributed by atoms with E-state index in [1.807, 2.05) is 0 Å². The summed E-state index contributed by atoms with van der Waals surface area (Å²) < 4.78 is 77.5. The van der Waals surface area contributed by atoms with Gasteiger partial charge in [-0.1, -0.05) is 12.1 Å². The maximum absolute atomic E-state index is 14.1. The molecule has 1 fully saturated rings. The van der Waals surface area contributed by atoms with Gasteiger partial charge in [-0.05, 0) is 55.2 Å². The van der Waals surface area contributed by atoms with E-state index in [1.165, 1.54) is 16.4 Å². The molecule has 0 aliphatic carbocycles. The smallest absolute Gasteiger partial charge is 0.224 e. The summed E-state index contributed by atoms with van der Waals surface area (Å²) in [6.45, 7) is 0.295. The fourth-order valence-electron chi connectivity index (χ4n) is 3.30. The summed E-state index contributed by atoms with van der Waals surface area (Å²) in [5.41, 5.74) is 0.808. The van der Waals surface area contributed by atoms with Crippen molar-refractivity contribution in [3.8, 4) is 0 Å². The topological polar surface area (TPSA) is 71.5 Å². The molecule has 0 amide bonds. The summed E-state index contributed by atoms with van der Waals surface area (Å²) >= 11 is 0. The minimum absolute atomic E-state index is 0.279. The Balaban J connectivity index is 1.89. The van der Waals surface area contributed by atoms with Crippen LogP contribution in [-0.4, -0.2) is 40.0 Å². The number of nitrogens with zero attached hydrogens (tertiary/aromatic N) is 1. The molecule has 0 bridgehead atoms. The standard InChI is InChI=1S/C18H19F2NO4S2/c1-26(22,23)18-9-8-16(12-17(18)20)27(24,25)21-10-2-3-15(21)11-13-4-6-14(19)7-5-13/h4-9,12,15H,2-3,10-11H2,1H3. The van der Waals surface area contributed by atoms with Gasteiger partial charge in [0, 0.05) is 18.8 Å². The van der Waals surface area contributed by atoms with Crippen molar-refractivity contribution >= 4 is 19.9 Å². The normalized spacial score (nSPS) is 18.7. The molecule has 27 heavy (non-hydrogen) atoms. The van der Waals surface area contributed by atoms with Gasteiger partial charge in [0.15, 0.2) is 9.84 Å². The number of hydrogen-bond acceptors (Lipinski definition) is 4. The minimum atomic E-state index is -3.98. The van der Waals surface area contributed by atoms with E-state index in [2.05, 4.69) is 0 Å². The van der Waals surface area contributed by atoms with Gasteiger partial charge in [0.05, 0.1) is 4.90 Å². The lowest BCUT2D eigenvalue weighted by Crippen LogP contribution is -2.36. The van der Waals surface area contributed by atoms with Crippen LogP contribution in [0.3, 0.4) is 0 Å². The Morgan fingerprint density at radius 1 is 1.04 bits per heavy atom. The molecule has 0 aromatic heterocycles. The highest BCUT2D eigenvalue weighted by atomic mass is 32.2. The quantitative estimate of drug-likeness (QED) is 0.753. The van der Waals surface area contributed by atoms with Crippen molar-refractivity contribution in [2.75, 3.05) is 12.8 Å². The maximum atomic E-state index is 14.1. The Morgan fingerprint density at radius 3 is 2.30 bits per heavy atom. The highest BCUT2D eigenvalue weighted by Gasteiger charge is 2.35. The second-order valence-corrected chi connectivity index (χ2v) is 10.5. The van der Waals surface area contributed by atoms with Crippen LogP contribution in [0.1, 0.15) is 18.4 Å². The molecule has 2 aromatic carbocycles. The summed E-state index contributed by atoms with van der Waals surface area (Å²) in [4.78, 5) is -0.816. The van der Waals surface area contributed by atoms with E-state index in [1.54, 1.807) is 12.1 Å². The molecule has 3 rings (SSSR count). The molecule has 0 radical (unpaired) electrons. The average molecular weight is 415 g/mol. The van der Waals surface area contributed by atoms with Crippen molar-refractivity contribution in [2.24, 2.45) is 0 Å². The number of sulfonamides is 1. The Kier molecular flexibility index (Phi) is 5.38. The van der Waals surface area contributed by atoms with Crippen molar-refractivity contribution in [1.29, 1.82) is 0 Å². The predicted octanol–water partition coefficient (Wildman–Crippen LogP) is 2.76. The summed E-state index contributed by atoms with van der Waals surface area (Å²) in [5.74, 6) is -1.45. The van der Waals surface area contributed by atoms with E-state index in [0.717, 1.165) is 30.0 Å². The zero-order chi connectivity index (χ0) is 19.8. The van der Waals surface area contributed by atoms with Gasteiger partial charge in [0.1, 0.15) is 16.5 Å². The second kappa shape index (κ2) is 7.29. The number of halogens is 2. The van der Waals surface area contributed by atoms with Crippen LogP contribution in [0.25, 0.3) is 0 Å². The molecule has 9 heteroatoms. The van der Waals surface area contributed by atoms with E-state index in [4.69, 9.17) is 0 Å². The first kappa shape index (κ1) is 19.9. The molecule has 0 N–H and O–H groups in total. The molecule has 2 aromatic rings. The first-order chi connectivity index (χ1) is 12.6. The zero-order valence-electron chi connectivity index (χ0n) is 14.6. The molecule has 146 valence electrons. The van der Waals surface area contributed by atoms with Gasteiger partial charge in [0.25, 0.3) is 0 Å². The van der Waals surface area contributed by atoms with Crippen molar-refractivity contribution in [2.45, 2.75) is 35.1 Å². The van der Waals surface area contributed by atoms with Gasteiger partial charge < -0.3 is 0 Å². The number of benzene rings is 2. The van der Waals surface area contributed by atoms with Crippen LogP contribution >= 0.6 is 0 Å². The first-order valence-corrected chi connectivity index (χ1v) is 11.7. The second-order valence-electron chi connectivity index (χ2n) is 6.61. The molecule has 1 saturated heterocycles. The lowest BCUT2D eigenvalue weighted by molar-refractivity contribution is 0.385. The zero-order valence-corrected chi connectivity index (χ0v) is 16.2. The van der Waals surface area contributed by atoms with Crippen molar-refractivity contribution in [1.82, 2.24) is 4.31 Å². The summed E-state index contributed by atoms with van der Waals surface area (Å²) in [5, 5.41) is 0. The molecule has 5 nitrogen and oxygen atoms in total. The molecule has 0 saturated carbocycles. The molecule has 0 spiro atoms. The van der Waals surface area contributed by atoms with Crippen LogP contribution < -0.4 is 0 Å². The van der Waals surface area contributed by atoms with Crippen molar-refractivity contribution < 1.29 is 25.6 Å². The van der Waals surface area contributed by atoms with Crippen LogP contribution in [0.15, 0.2) is 52.3 Å². The molecule has 1 unspecified atom stereocenters. The molecule has 1 heterocycles. The Hall–Kier alpha value is -1.84. The van der Waals surface area contributed by atoms with Crippen LogP contribution in [0.5, 0.6) is 0 Å². The van der Waals surface area contributed by atoms with Crippen molar-refractivity contribution in [3.63, 3.8) is 0 Å².